The monoisotopic (exact) mass is 313 g/mol. The molecule has 1 aliphatic rings. The molecule has 1 heterocycles. The second-order valence-electron chi connectivity index (χ2n) is 4.66. The number of ether oxygens (including phenoxy) is 2. The predicted octanol–water partition coefficient (Wildman–Crippen LogP) is 2.97. The van der Waals surface area contributed by atoms with Crippen molar-refractivity contribution in [3.05, 3.63) is 28.2 Å². The van der Waals surface area contributed by atoms with Crippen LogP contribution in [0.5, 0.6) is 5.75 Å². The Hall–Kier alpha value is -0.580. The highest BCUT2D eigenvalue weighted by Crippen LogP contribution is 2.24. The van der Waals surface area contributed by atoms with Crippen LogP contribution in [0.1, 0.15) is 18.4 Å². The summed E-state index contributed by atoms with van der Waals surface area (Å²) in [6, 6.07) is 6.00. The summed E-state index contributed by atoms with van der Waals surface area (Å²) >= 11 is 3.47. The van der Waals surface area contributed by atoms with Gasteiger partial charge >= 0.3 is 0 Å². The minimum Gasteiger partial charge on any atom is -0.496 e. The Morgan fingerprint density at radius 3 is 2.83 bits per heavy atom. The van der Waals surface area contributed by atoms with Gasteiger partial charge in [0.25, 0.3) is 0 Å². The smallest absolute Gasteiger partial charge is 0.124 e. The second kappa shape index (κ2) is 7.12. The molecule has 4 heteroatoms. The first kappa shape index (κ1) is 13.8. The number of halogens is 1. The van der Waals surface area contributed by atoms with Crippen molar-refractivity contribution in [2.24, 2.45) is 5.92 Å². The Balaban J connectivity index is 1.83. The highest BCUT2D eigenvalue weighted by Gasteiger charge is 2.13. The van der Waals surface area contributed by atoms with Crippen LogP contribution in [0.3, 0.4) is 0 Å². The van der Waals surface area contributed by atoms with E-state index in [-0.39, 0.29) is 0 Å². The lowest BCUT2D eigenvalue weighted by Gasteiger charge is -2.22. The Labute approximate surface area is 117 Å². The molecule has 0 unspecified atom stereocenters. The van der Waals surface area contributed by atoms with E-state index in [0.29, 0.717) is 12.5 Å². The quantitative estimate of drug-likeness (QED) is 0.906. The van der Waals surface area contributed by atoms with Gasteiger partial charge in [-0.2, -0.15) is 0 Å². The number of benzene rings is 1. The van der Waals surface area contributed by atoms with Crippen LogP contribution in [-0.4, -0.2) is 26.8 Å². The summed E-state index contributed by atoms with van der Waals surface area (Å²) < 4.78 is 12.2. The standard InChI is InChI=1S/C14H20BrNO2/c1-17-14-3-2-13(15)8-12(14)10-18-9-11-4-6-16-7-5-11/h2-3,8,11,16H,4-7,9-10H2,1H3. The SMILES string of the molecule is COc1ccc(Br)cc1COCC1CCNCC1. The molecule has 1 aromatic rings. The van der Waals surface area contributed by atoms with Gasteiger partial charge in [-0.3, -0.25) is 0 Å². The maximum Gasteiger partial charge on any atom is 0.124 e. The van der Waals surface area contributed by atoms with Gasteiger partial charge in [0.2, 0.25) is 0 Å². The Morgan fingerprint density at radius 1 is 1.33 bits per heavy atom. The molecule has 0 saturated carbocycles. The third-order valence-corrected chi connectivity index (χ3v) is 3.81. The van der Waals surface area contributed by atoms with Crippen molar-refractivity contribution in [1.82, 2.24) is 5.32 Å². The van der Waals surface area contributed by atoms with Gasteiger partial charge in [-0.25, -0.2) is 0 Å². The second-order valence-corrected chi connectivity index (χ2v) is 5.58. The molecule has 0 atom stereocenters. The van der Waals surface area contributed by atoms with Gasteiger partial charge in [0.1, 0.15) is 5.75 Å². The molecule has 0 amide bonds. The molecule has 0 bridgehead atoms. The van der Waals surface area contributed by atoms with E-state index in [9.17, 15) is 0 Å². The van der Waals surface area contributed by atoms with Crippen LogP contribution >= 0.6 is 15.9 Å². The fraction of sp³-hybridized carbons (Fsp3) is 0.571. The maximum atomic E-state index is 5.83. The van der Waals surface area contributed by atoms with Crippen molar-refractivity contribution in [2.75, 3.05) is 26.8 Å². The average Bonchev–Trinajstić information content (AvgIpc) is 2.40. The molecular weight excluding hydrogens is 294 g/mol. The van der Waals surface area contributed by atoms with E-state index < -0.39 is 0 Å². The lowest BCUT2D eigenvalue weighted by molar-refractivity contribution is 0.0751. The molecule has 2 rings (SSSR count). The Kier molecular flexibility index (Phi) is 5.47. The number of hydrogen-bond donors (Lipinski definition) is 1. The van der Waals surface area contributed by atoms with Gasteiger partial charge < -0.3 is 14.8 Å². The molecule has 18 heavy (non-hydrogen) atoms. The Morgan fingerprint density at radius 2 is 2.11 bits per heavy atom. The zero-order valence-electron chi connectivity index (χ0n) is 10.7. The van der Waals surface area contributed by atoms with Crippen molar-refractivity contribution < 1.29 is 9.47 Å². The molecule has 1 fully saturated rings. The normalized spacial score (nSPS) is 16.8. The first-order valence-corrected chi connectivity index (χ1v) is 7.20. The van der Waals surface area contributed by atoms with Gasteiger partial charge in [-0.15, -0.1) is 0 Å². The molecule has 0 aliphatic carbocycles. The topological polar surface area (TPSA) is 30.5 Å². The summed E-state index contributed by atoms with van der Waals surface area (Å²) in [6.45, 7) is 3.70. The molecule has 1 saturated heterocycles. The molecule has 1 aromatic carbocycles. The van der Waals surface area contributed by atoms with E-state index in [4.69, 9.17) is 9.47 Å². The summed E-state index contributed by atoms with van der Waals surface area (Å²) in [6.07, 6.45) is 2.44. The summed E-state index contributed by atoms with van der Waals surface area (Å²) in [4.78, 5) is 0. The van der Waals surface area contributed by atoms with Crippen molar-refractivity contribution in [3.8, 4) is 5.75 Å². The summed E-state index contributed by atoms with van der Waals surface area (Å²) in [5.41, 5.74) is 1.10. The van der Waals surface area contributed by atoms with Crippen molar-refractivity contribution >= 4 is 15.9 Å². The maximum absolute atomic E-state index is 5.83. The zero-order valence-corrected chi connectivity index (χ0v) is 12.3. The summed E-state index contributed by atoms with van der Waals surface area (Å²) in [5, 5.41) is 3.37. The van der Waals surface area contributed by atoms with Gasteiger partial charge in [0, 0.05) is 16.6 Å². The van der Waals surface area contributed by atoms with Crippen LogP contribution in [-0.2, 0) is 11.3 Å². The van der Waals surface area contributed by atoms with E-state index in [1.165, 1.54) is 12.8 Å². The highest BCUT2D eigenvalue weighted by atomic mass is 79.9. The number of piperidine rings is 1. The number of nitrogens with one attached hydrogen (secondary N) is 1. The van der Waals surface area contributed by atoms with Gasteiger partial charge in [-0.1, -0.05) is 15.9 Å². The molecular formula is C14H20BrNO2. The van der Waals surface area contributed by atoms with Crippen LogP contribution in [0.25, 0.3) is 0 Å². The van der Waals surface area contributed by atoms with Crippen LogP contribution in [0.15, 0.2) is 22.7 Å². The van der Waals surface area contributed by atoms with Gasteiger partial charge in [0.05, 0.1) is 13.7 Å². The van der Waals surface area contributed by atoms with Crippen LogP contribution < -0.4 is 10.1 Å². The predicted molar refractivity (Wildman–Crippen MR) is 75.9 cm³/mol. The van der Waals surface area contributed by atoms with E-state index >= 15 is 0 Å². The number of rotatable bonds is 5. The highest BCUT2D eigenvalue weighted by molar-refractivity contribution is 9.10. The third kappa shape index (κ3) is 3.97. The van der Waals surface area contributed by atoms with Crippen molar-refractivity contribution in [2.45, 2.75) is 19.4 Å². The van der Waals surface area contributed by atoms with E-state index in [0.717, 1.165) is 35.5 Å². The fourth-order valence-electron chi connectivity index (χ4n) is 2.24. The summed E-state index contributed by atoms with van der Waals surface area (Å²) in [7, 11) is 1.69. The van der Waals surface area contributed by atoms with Crippen LogP contribution in [0, 0.1) is 5.92 Å². The third-order valence-electron chi connectivity index (χ3n) is 3.31. The zero-order chi connectivity index (χ0) is 12.8. The minimum absolute atomic E-state index is 0.618. The van der Waals surface area contributed by atoms with Gasteiger partial charge in [0.15, 0.2) is 0 Å². The van der Waals surface area contributed by atoms with Crippen molar-refractivity contribution in [3.63, 3.8) is 0 Å². The van der Waals surface area contributed by atoms with Gasteiger partial charge in [-0.05, 0) is 50.0 Å². The largest absolute Gasteiger partial charge is 0.496 e. The van der Waals surface area contributed by atoms with E-state index in [1.54, 1.807) is 7.11 Å². The lowest BCUT2D eigenvalue weighted by Crippen LogP contribution is -2.29. The molecule has 0 radical (unpaired) electrons. The summed E-state index contributed by atoms with van der Waals surface area (Å²) in [5.74, 6) is 1.59. The van der Waals surface area contributed by atoms with E-state index in [2.05, 4.69) is 27.3 Å². The molecule has 0 aromatic heterocycles. The van der Waals surface area contributed by atoms with Crippen molar-refractivity contribution in [1.29, 1.82) is 0 Å². The molecule has 100 valence electrons. The Bertz CT molecular complexity index is 378. The van der Waals surface area contributed by atoms with E-state index in [1.807, 2.05) is 12.1 Å². The molecule has 3 nitrogen and oxygen atoms in total. The number of methoxy groups -OCH3 is 1. The lowest BCUT2D eigenvalue weighted by atomic mass is 9.99. The molecule has 1 aliphatic heterocycles. The minimum atomic E-state index is 0.618. The van der Waals surface area contributed by atoms with Crippen LogP contribution in [0.2, 0.25) is 0 Å². The fourth-order valence-corrected chi connectivity index (χ4v) is 2.65. The number of hydrogen-bond acceptors (Lipinski definition) is 3. The first-order chi connectivity index (χ1) is 8.79. The van der Waals surface area contributed by atoms with Crippen LogP contribution in [0.4, 0.5) is 0 Å². The first-order valence-electron chi connectivity index (χ1n) is 6.40. The molecule has 0 spiro atoms. The average molecular weight is 314 g/mol. The molecule has 1 N–H and O–H groups in total.